The quantitative estimate of drug-likeness (QED) is 0.741. The van der Waals surface area contributed by atoms with E-state index in [4.69, 9.17) is 4.42 Å². The van der Waals surface area contributed by atoms with Gasteiger partial charge in [-0.2, -0.15) is 0 Å². The van der Waals surface area contributed by atoms with E-state index in [0.717, 1.165) is 34.2 Å². The summed E-state index contributed by atoms with van der Waals surface area (Å²) in [5.74, 6) is 0.970. The Morgan fingerprint density at radius 3 is 2.86 bits per heavy atom. The van der Waals surface area contributed by atoms with Crippen LogP contribution < -0.4 is 5.32 Å². The number of pyridine rings is 1. The average molecular weight is 345 g/mol. The largest absolute Gasteiger partial charge is 0.459 e. The van der Waals surface area contributed by atoms with Gasteiger partial charge in [-0.25, -0.2) is 0 Å². The van der Waals surface area contributed by atoms with Crippen molar-refractivity contribution >= 4 is 26.9 Å². The fourth-order valence-corrected chi connectivity index (χ4v) is 2.91. The van der Waals surface area contributed by atoms with E-state index in [1.54, 1.807) is 6.20 Å². The first-order chi connectivity index (χ1) is 10.3. The van der Waals surface area contributed by atoms with Gasteiger partial charge in [0.25, 0.3) is 0 Å². The van der Waals surface area contributed by atoms with E-state index >= 15 is 0 Å². The zero-order valence-electron chi connectivity index (χ0n) is 11.8. The Balaban J connectivity index is 1.90. The van der Waals surface area contributed by atoms with E-state index in [2.05, 4.69) is 51.4 Å². The Kier molecular flexibility index (Phi) is 4.36. The number of fused-ring (bicyclic) bond motifs is 1. The minimum Gasteiger partial charge on any atom is -0.459 e. The summed E-state index contributed by atoms with van der Waals surface area (Å²) in [5.41, 5.74) is 2.11. The van der Waals surface area contributed by atoms with E-state index in [-0.39, 0.29) is 6.04 Å². The zero-order chi connectivity index (χ0) is 14.7. The summed E-state index contributed by atoms with van der Waals surface area (Å²) in [6.45, 7) is 3.00. The summed E-state index contributed by atoms with van der Waals surface area (Å²) < 4.78 is 6.99. The van der Waals surface area contributed by atoms with Crippen molar-refractivity contribution in [1.29, 1.82) is 0 Å². The number of hydrogen-bond acceptors (Lipinski definition) is 3. The van der Waals surface area contributed by atoms with Crippen molar-refractivity contribution in [1.82, 2.24) is 10.3 Å². The van der Waals surface area contributed by atoms with Crippen LogP contribution in [0.15, 0.2) is 57.7 Å². The van der Waals surface area contributed by atoms with Crippen molar-refractivity contribution < 1.29 is 4.42 Å². The molecule has 3 aromatic rings. The first-order valence-electron chi connectivity index (χ1n) is 7.07. The van der Waals surface area contributed by atoms with Gasteiger partial charge in [0.05, 0.1) is 6.04 Å². The molecule has 0 aliphatic rings. The van der Waals surface area contributed by atoms with Gasteiger partial charge in [0, 0.05) is 22.3 Å². The topological polar surface area (TPSA) is 38.1 Å². The monoisotopic (exact) mass is 344 g/mol. The zero-order valence-corrected chi connectivity index (χ0v) is 13.4. The Morgan fingerprint density at radius 2 is 2.10 bits per heavy atom. The maximum atomic E-state index is 5.99. The summed E-state index contributed by atoms with van der Waals surface area (Å²) in [6.07, 6.45) is 4.55. The molecule has 0 saturated carbocycles. The number of hydrogen-bond donors (Lipinski definition) is 1. The second kappa shape index (κ2) is 6.41. The van der Waals surface area contributed by atoms with Gasteiger partial charge in [-0.3, -0.25) is 4.98 Å². The third-order valence-electron chi connectivity index (χ3n) is 3.44. The minimum atomic E-state index is 0.151. The van der Waals surface area contributed by atoms with Gasteiger partial charge >= 0.3 is 0 Å². The number of benzene rings is 1. The van der Waals surface area contributed by atoms with Crippen LogP contribution in [0.3, 0.4) is 0 Å². The first-order valence-corrected chi connectivity index (χ1v) is 7.87. The predicted octanol–water partition coefficient (Wildman–Crippen LogP) is 4.48. The van der Waals surface area contributed by atoms with Crippen LogP contribution in [0.4, 0.5) is 0 Å². The Bertz CT molecular complexity index is 705. The maximum absolute atomic E-state index is 5.99. The molecule has 1 N–H and O–H groups in total. The molecule has 3 rings (SSSR count). The van der Waals surface area contributed by atoms with Crippen molar-refractivity contribution in [3.05, 3.63) is 64.6 Å². The lowest BCUT2D eigenvalue weighted by Crippen LogP contribution is -2.22. The van der Waals surface area contributed by atoms with E-state index < -0.39 is 0 Å². The minimum absolute atomic E-state index is 0.151. The molecular formula is C17H17BrN2O. The Morgan fingerprint density at radius 1 is 1.24 bits per heavy atom. The van der Waals surface area contributed by atoms with Crippen LogP contribution in [0.5, 0.6) is 0 Å². The highest BCUT2D eigenvalue weighted by Crippen LogP contribution is 2.26. The number of nitrogens with one attached hydrogen (secondary N) is 1. The van der Waals surface area contributed by atoms with Crippen molar-refractivity contribution in [2.45, 2.75) is 19.4 Å². The van der Waals surface area contributed by atoms with E-state index in [1.807, 2.05) is 24.4 Å². The van der Waals surface area contributed by atoms with Gasteiger partial charge in [-0.15, -0.1) is 0 Å². The molecule has 0 bridgehead atoms. The highest BCUT2D eigenvalue weighted by molar-refractivity contribution is 9.10. The molecule has 108 valence electrons. The number of rotatable bonds is 5. The van der Waals surface area contributed by atoms with Crippen LogP contribution in [-0.4, -0.2) is 11.5 Å². The predicted molar refractivity (Wildman–Crippen MR) is 88.3 cm³/mol. The molecule has 1 unspecified atom stereocenters. The number of aromatic nitrogens is 1. The molecule has 0 amide bonds. The normalized spacial score (nSPS) is 12.7. The van der Waals surface area contributed by atoms with Gasteiger partial charge < -0.3 is 9.73 Å². The highest BCUT2D eigenvalue weighted by Gasteiger charge is 2.16. The number of furan rings is 1. The van der Waals surface area contributed by atoms with Crippen LogP contribution in [0.25, 0.3) is 11.0 Å². The fourth-order valence-electron chi connectivity index (χ4n) is 2.50. The Hall–Kier alpha value is -1.65. The molecule has 2 heterocycles. The molecule has 4 heteroatoms. The van der Waals surface area contributed by atoms with Crippen molar-refractivity contribution in [3.8, 4) is 0 Å². The molecule has 2 aromatic heterocycles. The van der Waals surface area contributed by atoms with Gasteiger partial charge in [0.1, 0.15) is 11.3 Å². The molecule has 0 spiro atoms. The molecule has 0 aliphatic carbocycles. The van der Waals surface area contributed by atoms with Crippen LogP contribution in [-0.2, 0) is 6.42 Å². The van der Waals surface area contributed by atoms with Crippen LogP contribution >= 0.6 is 15.9 Å². The van der Waals surface area contributed by atoms with E-state index in [9.17, 15) is 0 Å². The summed E-state index contributed by atoms with van der Waals surface area (Å²) in [7, 11) is 0. The first kappa shape index (κ1) is 14.3. The molecule has 1 atom stereocenters. The fraction of sp³-hybridized carbons (Fsp3) is 0.235. The molecule has 3 nitrogen and oxygen atoms in total. The van der Waals surface area contributed by atoms with Crippen LogP contribution in [0.1, 0.15) is 24.3 Å². The summed E-state index contributed by atoms with van der Waals surface area (Å²) in [5, 5.41) is 4.63. The van der Waals surface area contributed by atoms with Gasteiger partial charge in [0.15, 0.2) is 0 Å². The number of nitrogens with zero attached hydrogens (tertiary/aromatic N) is 1. The molecule has 0 aliphatic heterocycles. The number of likely N-dealkylation sites (N-methyl/N-ethyl adjacent to an activating group) is 1. The molecule has 1 aromatic carbocycles. The second-order valence-electron chi connectivity index (χ2n) is 5.01. The summed E-state index contributed by atoms with van der Waals surface area (Å²) in [6, 6.07) is 12.5. The third-order valence-corrected chi connectivity index (χ3v) is 3.87. The number of para-hydroxylation sites is 1. The molecular weight excluding hydrogens is 328 g/mol. The number of halogens is 1. The van der Waals surface area contributed by atoms with Crippen molar-refractivity contribution in [2.24, 2.45) is 0 Å². The van der Waals surface area contributed by atoms with Crippen LogP contribution in [0.2, 0.25) is 0 Å². The molecule has 0 saturated heterocycles. The average Bonchev–Trinajstić information content (AvgIpc) is 2.91. The Labute approximate surface area is 132 Å². The van der Waals surface area contributed by atoms with Gasteiger partial charge in [-0.1, -0.05) is 25.1 Å². The van der Waals surface area contributed by atoms with E-state index in [0.29, 0.717) is 0 Å². The lowest BCUT2D eigenvalue weighted by atomic mass is 10.1. The molecule has 0 fully saturated rings. The van der Waals surface area contributed by atoms with Gasteiger partial charge in [0.2, 0.25) is 0 Å². The lowest BCUT2D eigenvalue weighted by molar-refractivity contribution is 0.434. The summed E-state index contributed by atoms with van der Waals surface area (Å²) >= 11 is 3.47. The smallest absolute Gasteiger partial charge is 0.134 e. The van der Waals surface area contributed by atoms with Crippen molar-refractivity contribution in [2.75, 3.05) is 6.54 Å². The molecule has 0 radical (unpaired) electrons. The second-order valence-corrected chi connectivity index (χ2v) is 5.93. The maximum Gasteiger partial charge on any atom is 0.134 e. The van der Waals surface area contributed by atoms with Crippen LogP contribution in [0, 0.1) is 0 Å². The lowest BCUT2D eigenvalue weighted by Gasteiger charge is -2.15. The van der Waals surface area contributed by atoms with E-state index in [1.165, 1.54) is 5.56 Å². The van der Waals surface area contributed by atoms with Gasteiger partial charge in [-0.05, 0) is 52.7 Å². The highest BCUT2D eigenvalue weighted by atomic mass is 79.9. The van der Waals surface area contributed by atoms with Crippen molar-refractivity contribution in [3.63, 3.8) is 0 Å². The standard InChI is InChI=1S/C17H17BrN2O/c1-2-20-15(8-12-7-14(18)11-19-10-12)17-9-13-5-3-4-6-16(13)21-17/h3-7,9-11,15,20H,2,8H2,1H3. The summed E-state index contributed by atoms with van der Waals surface area (Å²) in [4.78, 5) is 4.23. The molecule has 21 heavy (non-hydrogen) atoms. The SMILES string of the molecule is CCNC(Cc1cncc(Br)c1)c1cc2ccccc2o1. The third kappa shape index (κ3) is 3.34.